The number of nitrogens with one attached hydrogen (secondary N) is 2. The Kier molecular flexibility index (Phi) is 6.38. The Morgan fingerprint density at radius 3 is 2.27 bits per heavy atom. The van der Waals surface area contributed by atoms with Gasteiger partial charge in [0, 0.05) is 23.4 Å². The van der Waals surface area contributed by atoms with E-state index in [2.05, 4.69) is 10.6 Å². The number of nitro benzene ring substituents is 1. The van der Waals surface area contributed by atoms with E-state index in [0.717, 1.165) is 0 Å². The van der Waals surface area contributed by atoms with E-state index in [9.17, 15) is 24.5 Å². The molecule has 2 amide bonds. The predicted octanol–water partition coefficient (Wildman–Crippen LogP) is 1.51. The Morgan fingerprint density at radius 1 is 1.00 bits per heavy atom. The minimum absolute atomic E-state index is 0.108. The molecule has 134 valence electrons. The molecule has 0 saturated carbocycles. The molecule has 0 fully saturated rings. The zero-order chi connectivity index (χ0) is 18.9. The number of anilines is 1. The summed E-state index contributed by atoms with van der Waals surface area (Å²) in [6, 6.07) is 13.5. The van der Waals surface area contributed by atoms with Gasteiger partial charge in [-0.05, 0) is 24.3 Å². The fourth-order valence-corrected chi connectivity index (χ4v) is 1.90. The van der Waals surface area contributed by atoms with Crippen LogP contribution in [0.25, 0.3) is 0 Å². The number of amides is 2. The fraction of sp³-hybridized carbons (Fsp3) is 0.118. The number of carbonyl (C=O) groups excluding carboxylic acids is 3. The molecule has 0 spiro atoms. The molecule has 0 unspecified atom stereocenters. The van der Waals surface area contributed by atoms with Crippen LogP contribution in [0, 0.1) is 10.1 Å². The van der Waals surface area contributed by atoms with Gasteiger partial charge in [-0.3, -0.25) is 24.5 Å². The van der Waals surface area contributed by atoms with Crippen molar-refractivity contribution in [3.8, 4) is 0 Å². The molecule has 2 N–H and O–H groups in total. The van der Waals surface area contributed by atoms with E-state index < -0.39 is 29.3 Å². The van der Waals surface area contributed by atoms with Crippen molar-refractivity contribution in [2.75, 3.05) is 18.5 Å². The summed E-state index contributed by atoms with van der Waals surface area (Å²) in [6.07, 6.45) is 0. The van der Waals surface area contributed by atoms with Gasteiger partial charge < -0.3 is 15.4 Å². The van der Waals surface area contributed by atoms with Gasteiger partial charge in [-0.15, -0.1) is 0 Å². The molecule has 0 aromatic heterocycles. The molecule has 9 heteroatoms. The average molecular weight is 357 g/mol. The number of nitrogens with zero attached hydrogens (tertiary/aromatic N) is 1. The highest BCUT2D eigenvalue weighted by Gasteiger charge is 2.11. The second-order valence-electron chi connectivity index (χ2n) is 5.06. The number of benzene rings is 2. The number of hydrogen-bond acceptors (Lipinski definition) is 6. The lowest BCUT2D eigenvalue weighted by molar-refractivity contribution is -0.384. The van der Waals surface area contributed by atoms with Crippen LogP contribution in [-0.4, -0.2) is 35.9 Å². The molecule has 0 bridgehead atoms. The largest absolute Gasteiger partial charge is 0.454 e. The standard InChI is InChI=1S/C17H15N3O6/c21-15(19-13-6-8-14(9-7-13)20(24)25)11-26-16(22)10-18-17(23)12-4-2-1-3-5-12/h1-9H,10-11H2,(H,18,23)(H,19,21). The zero-order valence-corrected chi connectivity index (χ0v) is 13.5. The van der Waals surface area contributed by atoms with Crippen LogP contribution in [0.5, 0.6) is 0 Å². The van der Waals surface area contributed by atoms with Crippen LogP contribution >= 0.6 is 0 Å². The van der Waals surface area contributed by atoms with Gasteiger partial charge in [0.1, 0.15) is 6.54 Å². The van der Waals surface area contributed by atoms with E-state index >= 15 is 0 Å². The van der Waals surface area contributed by atoms with Gasteiger partial charge in [0.2, 0.25) is 0 Å². The van der Waals surface area contributed by atoms with Crippen molar-refractivity contribution < 1.29 is 24.0 Å². The first-order valence-corrected chi connectivity index (χ1v) is 7.49. The van der Waals surface area contributed by atoms with E-state index in [1.165, 1.54) is 24.3 Å². The van der Waals surface area contributed by atoms with Gasteiger partial charge in [0.15, 0.2) is 6.61 Å². The molecule has 2 aromatic rings. The summed E-state index contributed by atoms with van der Waals surface area (Å²) in [6.45, 7) is -0.921. The molecule has 0 heterocycles. The summed E-state index contributed by atoms with van der Waals surface area (Å²) in [7, 11) is 0. The van der Waals surface area contributed by atoms with Gasteiger partial charge in [0.05, 0.1) is 4.92 Å². The van der Waals surface area contributed by atoms with Crippen LogP contribution in [-0.2, 0) is 14.3 Å². The smallest absolute Gasteiger partial charge is 0.325 e. The molecular formula is C17H15N3O6. The van der Waals surface area contributed by atoms with Crippen molar-refractivity contribution in [1.82, 2.24) is 5.32 Å². The van der Waals surface area contributed by atoms with E-state index in [-0.39, 0.29) is 12.2 Å². The van der Waals surface area contributed by atoms with Crippen LogP contribution < -0.4 is 10.6 Å². The highest BCUT2D eigenvalue weighted by Crippen LogP contribution is 2.15. The Morgan fingerprint density at radius 2 is 1.65 bits per heavy atom. The monoisotopic (exact) mass is 357 g/mol. The Balaban J connectivity index is 1.72. The lowest BCUT2D eigenvalue weighted by Crippen LogP contribution is -2.32. The van der Waals surface area contributed by atoms with E-state index in [0.29, 0.717) is 11.3 Å². The van der Waals surface area contributed by atoms with Crippen molar-refractivity contribution in [2.45, 2.75) is 0 Å². The molecular weight excluding hydrogens is 342 g/mol. The summed E-state index contributed by atoms with van der Waals surface area (Å²) in [5.74, 6) is -1.81. The third kappa shape index (κ3) is 5.71. The maximum Gasteiger partial charge on any atom is 0.325 e. The van der Waals surface area contributed by atoms with Gasteiger partial charge in [-0.1, -0.05) is 18.2 Å². The fourth-order valence-electron chi connectivity index (χ4n) is 1.90. The molecule has 9 nitrogen and oxygen atoms in total. The minimum atomic E-state index is -0.770. The topological polar surface area (TPSA) is 128 Å². The third-order valence-corrected chi connectivity index (χ3v) is 3.16. The van der Waals surface area contributed by atoms with Crippen molar-refractivity contribution in [1.29, 1.82) is 0 Å². The van der Waals surface area contributed by atoms with Crippen LogP contribution in [0.1, 0.15) is 10.4 Å². The number of non-ortho nitro benzene ring substituents is 1. The number of esters is 1. The summed E-state index contributed by atoms with van der Waals surface area (Å²) in [5, 5.41) is 15.4. The van der Waals surface area contributed by atoms with Crippen LogP contribution in [0.3, 0.4) is 0 Å². The van der Waals surface area contributed by atoms with E-state index in [1.807, 2.05) is 0 Å². The number of rotatable bonds is 7. The first-order valence-electron chi connectivity index (χ1n) is 7.49. The maximum atomic E-state index is 11.8. The molecule has 0 aliphatic heterocycles. The van der Waals surface area contributed by atoms with E-state index in [4.69, 9.17) is 4.74 Å². The van der Waals surface area contributed by atoms with Crippen molar-refractivity contribution >= 4 is 29.2 Å². The Bertz CT molecular complexity index is 805. The first-order chi connectivity index (χ1) is 12.5. The summed E-state index contributed by atoms with van der Waals surface area (Å²) in [4.78, 5) is 45.0. The Labute approximate surface area is 148 Å². The van der Waals surface area contributed by atoms with Crippen molar-refractivity contribution in [2.24, 2.45) is 0 Å². The van der Waals surface area contributed by atoms with Gasteiger partial charge in [-0.25, -0.2) is 0 Å². The van der Waals surface area contributed by atoms with Gasteiger partial charge in [0.25, 0.3) is 17.5 Å². The summed E-state index contributed by atoms with van der Waals surface area (Å²) >= 11 is 0. The molecule has 0 atom stereocenters. The lowest BCUT2D eigenvalue weighted by Gasteiger charge is -2.07. The van der Waals surface area contributed by atoms with Gasteiger partial charge >= 0.3 is 5.97 Å². The lowest BCUT2D eigenvalue weighted by atomic mass is 10.2. The van der Waals surface area contributed by atoms with Crippen molar-refractivity contribution in [3.05, 3.63) is 70.3 Å². The van der Waals surface area contributed by atoms with Crippen molar-refractivity contribution in [3.63, 3.8) is 0 Å². The van der Waals surface area contributed by atoms with Crippen LogP contribution in [0.4, 0.5) is 11.4 Å². The van der Waals surface area contributed by atoms with Crippen LogP contribution in [0.2, 0.25) is 0 Å². The zero-order valence-electron chi connectivity index (χ0n) is 13.5. The maximum absolute atomic E-state index is 11.8. The minimum Gasteiger partial charge on any atom is -0.454 e. The second-order valence-corrected chi connectivity index (χ2v) is 5.06. The average Bonchev–Trinajstić information content (AvgIpc) is 2.65. The normalized spacial score (nSPS) is 9.85. The number of nitro groups is 1. The second kappa shape index (κ2) is 8.92. The van der Waals surface area contributed by atoms with Gasteiger partial charge in [-0.2, -0.15) is 0 Å². The molecule has 2 rings (SSSR count). The predicted molar refractivity (Wildman–Crippen MR) is 91.5 cm³/mol. The molecule has 0 aliphatic carbocycles. The first kappa shape index (κ1) is 18.6. The summed E-state index contributed by atoms with van der Waals surface area (Å²) in [5.41, 5.74) is 0.619. The molecule has 0 saturated heterocycles. The van der Waals surface area contributed by atoms with E-state index in [1.54, 1.807) is 30.3 Å². The number of ether oxygens (including phenoxy) is 1. The SMILES string of the molecule is O=C(COC(=O)CNC(=O)c1ccccc1)Nc1ccc([N+](=O)[O-])cc1. The van der Waals surface area contributed by atoms with Crippen LogP contribution in [0.15, 0.2) is 54.6 Å². The molecule has 2 aromatic carbocycles. The summed E-state index contributed by atoms with van der Waals surface area (Å²) < 4.78 is 4.75. The Hall–Kier alpha value is -3.75. The number of hydrogen-bond donors (Lipinski definition) is 2. The molecule has 26 heavy (non-hydrogen) atoms. The quantitative estimate of drug-likeness (QED) is 0.439. The molecule has 0 aliphatic rings. The molecule has 0 radical (unpaired) electrons. The highest BCUT2D eigenvalue weighted by molar-refractivity contribution is 5.96. The third-order valence-electron chi connectivity index (χ3n) is 3.16. The number of carbonyl (C=O) groups is 3. The highest BCUT2D eigenvalue weighted by atomic mass is 16.6.